The van der Waals surface area contributed by atoms with Gasteiger partial charge in [-0.1, -0.05) is 36.6 Å². The minimum Gasteiger partial charge on any atom is -0.345 e. The predicted octanol–water partition coefficient (Wildman–Crippen LogP) is 3.98. The summed E-state index contributed by atoms with van der Waals surface area (Å²) in [5.41, 5.74) is 5.98. The summed E-state index contributed by atoms with van der Waals surface area (Å²) < 4.78 is 1.89. The average molecular weight is 362 g/mol. The minimum absolute atomic E-state index is 0.0118. The van der Waals surface area contributed by atoms with Crippen LogP contribution in [-0.2, 0) is 13.0 Å². The highest BCUT2D eigenvalue weighted by Gasteiger charge is 2.24. The molecule has 2 aliphatic rings. The molecule has 0 bridgehead atoms. The molecule has 1 saturated carbocycles. The molecule has 1 amide bonds. The van der Waals surface area contributed by atoms with Gasteiger partial charge in [0.2, 0.25) is 0 Å². The predicted molar refractivity (Wildman–Crippen MR) is 109 cm³/mol. The van der Waals surface area contributed by atoms with E-state index < -0.39 is 0 Å². The van der Waals surface area contributed by atoms with Crippen LogP contribution in [0, 0.1) is 5.92 Å². The topological polar surface area (TPSA) is 42.3 Å². The molecule has 0 aliphatic heterocycles. The van der Waals surface area contributed by atoms with Crippen molar-refractivity contribution in [3.63, 3.8) is 0 Å². The number of aromatic nitrogens is 1. The molecule has 0 N–H and O–H groups in total. The van der Waals surface area contributed by atoms with E-state index in [4.69, 9.17) is 0 Å². The van der Waals surface area contributed by atoms with Gasteiger partial charge in [-0.15, -0.1) is 0 Å². The fourth-order valence-corrected chi connectivity index (χ4v) is 3.85. The van der Waals surface area contributed by atoms with Crippen LogP contribution in [0.3, 0.4) is 0 Å². The first-order valence-corrected chi connectivity index (χ1v) is 9.69. The van der Waals surface area contributed by atoms with Crippen LogP contribution in [0.2, 0.25) is 0 Å². The smallest absolute Gasteiger partial charge is 0.254 e. The monoisotopic (exact) mass is 362 g/mol. The SMILES string of the molecule is CC1=Cc2c(-c3cccc(C(=O)N(C)C)c3)cn(CCC3CC3)c(=O)c2C1. The Kier molecular flexibility index (Phi) is 4.50. The Morgan fingerprint density at radius 3 is 2.74 bits per heavy atom. The van der Waals surface area contributed by atoms with Gasteiger partial charge >= 0.3 is 0 Å². The van der Waals surface area contributed by atoms with Crippen molar-refractivity contribution in [2.24, 2.45) is 5.92 Å². The number of hydrogen-bond donors (Lipinski definition) is 0. The van der Waals surface area contributed by atoms with Crippen LogP contribution < -0.4 is 5.56 Å². The Morgan fingerprint density at radius 1 is 1.26 bits per heavy atom. The van der Waals surface area contributed by atoms with E-state index in [0.29, 0.717) is 5.56 Å². The van der Waals surface area contributed by atoms with Crippen molar-refractivity contribution < 1.29 is 4.79 Å². The molecular formula is C23H26N2O2. The van der Waals surface area contributed by atoms with Gasteiger partial charge in [0, 0.05) is 43.5 Å². The first-order chi connectivity index (χ1) is 12.9. The van der Waals surface area contributed by atoms with Gasteiger partial charge in [-0.05, 0) is 48.9 Å². The highest BCUT2D eigenvalue weighted by molar-refractivity contribution is 5.95. The van der Waals surface area contributed by atoms with Gasteiger partial charge in [0.05, 0.1) is 0 Å². The van der Waals surface area contributed by atoms with E-state index in [2.05, 4.69) is 13.0 Å². The van der Waals surface area contributed by atoms with Gasteiger partial charge in [-0.25, -0.2) is 0 Å². The third-order valence-electron chi connectivity index (χ3n) is 5.57. The maximum atomic E-state index is 13.0. The average Bonchev–Trinajstić information content (AvgIpc) is 3.40. The number of pyridine rings is 1. The van der Waals surface area contributed by atoms with E-state index in [1.54, 1.807) is 19.0 Å². The highest BCUT2D eigenvalue weighted by Crippen LogP contribution is 2.34. The molecule has 4 heteroatoms. The molecule has 0 radical (unpaired) electrons. The standard InChI is InChI=1S/C23H26N2O2/c1-15-11-19-20(12-15)23(27)25(10-9-16-7-8-16)14-21(19)17-5-4-6-18(13-17)22(26)24(2)3/h4-6,11,13-14,16H,7-10,12H2,1-3H3. The van der Waals surface area contributed by atoms with Gasteiger partial charge in [0.1, 0.15) is 0 Å². The third kappa shape index (κ3) is 3.48. The van der Waals surface area contributed by atoms with Crippen molar-refractivity contribution in [1.82, 2.24) is 9.47 Å². The number of allylic oxidation sites excluding steroid dienone is 1. The van der Waals surface area contributed by atoms with Crippen molar-refractivity contribution in [3.8, 4) is 11.1 Å². The van der Waals surface area contributed by atoms with Gasteiger partial charge in [0.25, 0.3) is 11.5 Å². The normalized spacial score (nSPS) is 15.4. The zero-order valence-corrected chi connectivity index (χ0v) is 16.3. The third-order valence-corrected chi connectivity index (χ3v) is 5.57. The summed E-state index contributed by atoms with van der Waals surface area (Å²) in [4.78, 5) is 26.9. The summed E-state index contributed by atoms with van der Waals surface area (Å²) in [6.07, 6.45) is 8.50. The number of amides is 1. The van der Waals surface area contributed by atoms with E-state index in [9.17, 15) is 9.59 Å². The molecule has 1 fully saturated rings. The van der Waals surface area contributed by atoms with Crippen molar-refractivity contribution >= 4 is 12.0 Å². The molecule has 0 atom stereocenters. The second kappa shape index (κ2) is 6.84. The van der Waals surface area contributed by atoms with Crippen LogP contribution in [0.4, 0.5) is 0 Å². The fourth-order valence-electron chi connectivity index (χ4n) is 3.85. The lowest BCUT2D eigenvalue weighted by Gasteiger charge is -2.15. The number of benzene rings is 1. The molecule has 1 aromatic heterocycles. The Balaban J connectivity index is 1.80. The second-order valence-corrected chi connectivity index (χ2v) is 8.11. The Bertz CT molecular complexity index is 994. The van der Waals surface area contributed by atoms with E-state index in [-0.39, 0.29) is 11.5 Å². The number of aryl methyl sites for hydroxylation is 1. The van der Waals surface area contributed by atoms with Crippen molar-refractivity contribution in [2.75, 3.05) is 14.1 Å². The van der Waals surface area contributed by atoms with Crippen LogP contribution in [-0.4, -0.2) is 29.5 Å². The molecule has 0 saturated heterocycles. The second-order valence-electron chi connectivity index (χ2n) is 8.11. The van der Waals surface area contributed by atoms with E-state index in [1.807, 2.05) is 35.0 Å². The summed E-state index contributed by atoms with van der Waals surface area (Å²) in [5.74, 6) is 0.775. The van der Waals surface area contributed by atoms with Crippen LogP contribution in [0.15, 0.2) is 40.8 Å². The lowest BCUT2D eigenvalue weighted by molar-refractivity contribution is 0.0827. The maximum absolute atomic E-state index is 13.0. The van der Waals surface area contributed by atoms with E-state index in [1.165, 1.54) is 18.4 Å². The lowest BCUT2D eigenvalue weighted by atomic mass is 9.97. The van der Waals surface area contributed by atoms with Gasteiger partial charge in [-0.3, -0.25) is 9.59 Å². The van der Waals surface area contributed by atoms with Crippen molar-refractivity contribution in [1.29, 1.82) is 0 Å². The molecule has 0 spiro atoms. The first kappa shape index (κ1) is 17.8. The van der Waals surface area contributed by atoms with Crippen LogP contribution in [0.25, 0.3) is 17.2 Å². The number of fused-ring (bicyclic) bond motifs is 1. The fraction of sp³-hybridized carbons (Fsp3) is 0.391. The van der Waals surface area contributed by atoms with E-state index in [0.717, 1.165) is 47.6 Å². The van der Waals surface area contributed by atoms with Crippen LogP contribution >= 0.6 is 0 Å². The summed E-state index contributed by atoms with van der Waals surface area (Å²) in [6, 6.07) is 7.73. The summed E-state index contributed by atoms with van der Waals surface area (Å²) >= 11 is 0. The summed E-state index contributed by atoms with van der Waals surface area (Å²) in [6.45, 7) is 2.85. The molecule has 140 valence electrons. The molecule has 2 aliphatic carbocycles. The number of hydrogen-bond acceptors (Lipinski definition) is 2. The minimum atomic E-state index is -0.0118. The molecule has 1 heterocycles. The van der Waals surface area contributed by atoms with Crippen LogP contribution in [0.1, 0.15) is 47.7 Å². The molecule has 2 aromatic rings. The van der Waals surface area contributed by atoms with E-state index >= 15 is 0 Å². The van der Waals surface area contributed by atoms with Crippen LogP contribution in [0.5, 0.6) is 0 Å². The molecular weight excluding hydrogens is 336 g/mol. The molecule has 27 heavy (non-hydrogen) atoms. The molecule has 1 aromatic carbocycles. The Morgan fingerprint density at radius 2 is 2.04 bits per heavy atom. The Hall–Kier alpha value is -2.62. The number of carbonyl (C=O) groups is 1. The molecule has 4 rings (SSSR count). The highest BCUT2D eigenvalue weighted by atomic mass is 16.2. The van der Waals surface area contributed by atoms with Crippen molar-refractivity contribution in [3.05, 3.63) is 63.1 Å². The van der Waals surface area contributed by atoms with Gasteiger partial charge in [-0.2, -0.15) is 0 Å². The molecule has 0 unspecified atom stereocenters. The largest absolute Gasteiger partial charge is 0.345 e. The zero-order chi connectivity index (χ0) is 19.1. The van der Waals surface area contributed by atoms with Gasteiger partial charge in [0.15, 0.2) is 0 Å². The summed E-state index contributed by atoms with van der Waals surface area (Å²) in [5, 5.41) is 0. The quantitative estimate of drug-likeness (QED) is 0.807. The number of nitrogens with zero attached hydrogens (tertiary/aromatic N) is 2. The lowest BCUT2D eigenvalue weighted by Crippen LogP contribution is -2.24. The summed E-state index contributed by atoms with van der Waals surface area (Å²) in [7, 11) is 3.52. The maximum Gasteiger partial charge on any atom is 0.254 e. The first-order valence-electron chi connectivity index (χ1n) is 9.69. The Labute approximate surface area is 160 Å². The zero-order valence-electron chi connectivity index (χ0n) is 16.3. The molecule has 4 nitrogen and oxygen atoms in total. The number of carbonyl (C=O) groups excluding carboxylic acids is 1. The number of rotatable bonds is 5. The van der Waals surface area contributed by atoms with Crippen molar-refractivity contribution in [2.45, 2.75) is 39.2 Å². The van der Waals surface area contributed by atoms with Gasteiger partial charge < -0.3 is 9.47 Å².